The molecule has 2 nitrogen and oxygen atoms in total. The number of hydrogen-bond acceptors (Lipinski definition) is 3. The van der Waals surface area contributed by atoms with Gasteiger partial charge in [0.05, 0.1) is 13.2 Å². The van der Waals surface area contributed by atoms with Crippen LogP contribution >= 0.6 is 11.8 Å². The summed E-state index contributed by atoms with van der Waals surface area (Å²) < 4.78 is 5.17. The van der Waals surface area contributed by atoms with Gasteiger partial charge in [0.15, 0.2) is 0 Å². The fourth-order valence-corrected chi connectivity index (χ4v) is 2.48. The quantitative estimate of drug-likeness (QED) is 0.562. The third-order valence-electron chi connectivity index (χ3n) is 2.09. The Morgan fingerprint density at radius 2 is 2.40 bits per heavy atom. The van der Waals surface area contributed by atoms with Gasteiger partial charge < -0.3 is 4.74 Å². The minimum atomic E-state index is 0.326. The van der Waals surface area contributed by atoms with E-state index in [1.54, 1.807) is 0 Å². The van der Waals surface area contributed by atoms with Crippen molar-refractivity contribution in [2.24, 2.45) is 5.92 Å². The van der Waals surface area contributed by atoms with Gasteiger partial charge in [0, 0.05) is 0 Å². The van der Waals surface area contributed by atoms with Crippen LogP contribution in [0.1, 0.15) is 6.92 Å². The van der Waals surface area contributed by atoms with Gasteiger partial charge in [-0.3, -0.25) is 5.32 Å². The molecule has 1 N–H and O–H groups in total. The molecule has 0 saturated carbocycles. The predicted molar refractivity (Wildman–Crippen MR) is 43.2 cm³/mol. The lowest BCUT2D eigenvalue weighted by molar-refractivity contribution is -0.0273. The summed E-state index contributed by atoms with van der Waals surface area (Å²) in [4.78, 5) is 0.326. The molecule has 0 aromatic carbocycles. The maximum absolute atomic E-state index is 5.17. The van der Waals surface area contributed by atoms with Crippen LogP contribution in [0.2, 0.25) is 0 Å². The molecule has 0 aliphatic carbocycles. The van der Waals surface area contributed by atoms with Gasteiger partial charge in [0.1, 0.15) is 4.87 Å². The Bertz CT molecular complexity index is 126. The predicted octanol–water partition coefficient (Wildman–Crippen LogP) is 0.685. The fraction of sp³-hybridized carbons (Fsp3) is 1.00. The first-order valence-corrected chi connectivity index (χ1v) is 4.76. The number of nitrogens with one attached hydrogen (secondary N) is 1. The Kier molecular flexibility index (Phi) is 1.66. The highest BCUT2D eigenvalue weighted by Crippen LogP contribution is 2.34. The molecular formula is C7H13NOS. The average molecular weight is 159 g/mol. The second-order valence-electron chi connectivity index (χ2n) is 3.28. The van der Waals surface area contributed by atoms with Gasteiger partial charge in [-0.25, -0.2) is 0 Å². The monoisotopic (exact) mass is 159 g/mol. The van der Waals surface area contributed by atoms with Crippen molar-refractivity contribution in [3.63, 3.8) is 0 Å². The van der Waals surface area contributed by atoms with Gasteiger partial charge in [0.2, 0.25) is 0 Å². The van der Waals surface area contributed by atoms with Crippen molar-refractivity contribution in [2.75, 3.05) is 25.5 Å². The van der Waals surface area contributed by atoms with Crippen molar-refractivity contribution < 1.29 is 4.74 Å². The van der Waals surface area contributed by atoms with E-state index < -0.39 is 0 Å². The molecule has 2 rings (SSSR count). The summed E-state index contributed by atoms with van der Waals surface area (Å²) in [5, 5.41) is 3.52. The van der Waals surface area contributed by atoms with E-state index in [1.165, 1.54) is 5.75 Å². The molecule has 2 heterocycles. The summed E-state index contributed by atoms with van der Waals surface area (Å²) in [7, 11) is 0. The van der Waals surface area contributed by atoms with Crippen LogP contribution in [-0.4, -0.2) is 30.4 Å². The third kappa shape index (κ3) is 1.06. The second-order valence-corrected chi connectivity index (χ2v) is 4.69. The van der Waals surface area contributed by atoms with E-state index >= 15 is 0 Å². The van der Waals surface area contributed by atoms with Crippen LogP contribution in [0.4, 0.5) is 0 Å². The van der Waals surface area contributed by atoms with E-state index in [-0.39, 0.29) is 0 Å². The normalized spacial score (nSPS) is 37.5. The lowest BCUT2D eigenvalue weighted by atomic mass is 10.1. The second kappa shape index (κ2) is 2.40. The molecule has 3 heteroatoms. The van der Waals surface area contributed by atoms with Gasteiger partial charge in [-0.1, -0.05) is 6.92 Å². The van der Waals surface area contributed by atoms with Gasteiger partial charge in [-0.05, 0) is 18.2 Å². The van der Waals surface area contributed by atoms with Crippen LogP contribution in [0.3, 0.4) is 0 Å². The Balaban J connectivity index is 1.90. The molecule has 1 atom stereocenters. The van der Waals surface area contributed by atoms with E-state index in [0.29, 0.717) is 4.87 Å². The Labute approximate surface area is 65.7 Å². The van der Waals surface area contributed by atoms with Crippen LogP contribution in [0.25, 0.3) is 0 Å². The molecule has 10 heavy (non-hydrogen) atoms. The van der Waals surface area contributed by atoms with E-state index in [9.17, 15) is 0 Å². The van der Waals surface area contributed by atoms with E-state index in [4.69, 9.17) is 4.74 Å². The van der Waals surface area contributed by atoms with Gasteiger partial charge in [0.25, 0.3) is 0 Å². The summed E-state index contributed by atoms with van der Waals surface area (Å²) in [5.41, 5.74) is 0. The number of thioether (sulfide) groups is 1. The van der Waals surface area contributed by atoms with E-state index in [0.717, 1.165) is 25.7 Å². The standard InChI is InChI=1S/C7H13NOS/c1-6-2-8-7(10-3-6)4-9-5-7/h6,8H,2-5H2,1H3. The van der Waals surface area contributed by atoms with Crippen molar-refractivity contribution in [1.29, 1.82) is 0 Å². The fourth-order valence-electron chi connectivity index (χ4n) is 1.24. The highest BCUT2D eigenvalue weighted by molar-refractivity contribution is 8.00. The van der Waals surface area contributed by atoms with E-state index in [2.05, 4.69) is 12.2 Å². The minimum absolute atomic E-state index is 0.326. The van der Waals surface area contributed by atoms with Gasteiger partial charge >= 0.3 is 0 Å². The molecule has 2 aliphatic heterocycles. The van der Waals surface area contributed by atoms with Crippen molar-refractivity contribution in [1.82, 2.24) is 5.32 Å². The number of ether oxygens (including phenoxy) is 1. The summed E-state index contributed by atoms with van der Waals surface area (Å²) in [6.45, 7) is 5.26. The van der Waals surface area contributed by atoms with E-state index in [1.807, 2.05) is 11.8 Å². The summed E-state index contributed by atoms with van der Waals surface area (Å²) in [6, 6.07) is 0. The molecule has 1 unspecified atom stereocenters. The zero-order chi connectivity index (χ0) is 7.03. The number of rotatable bonds is 0. The van der Waals surface area contributed by atoms with Crippen LogP contribution in [-0.2, 0) is 4.74 Å². The highest BCUT2D eigenvalue weighted by Gasteiger charge is 2.41. The molecule has 2 fully saturated rings. The minimum Gasteiger partial charge on any atom is -0.376 e. The molecule has 0 aromatic heterocycles. The maximum atomic E-state index is 5.17. The van der Waals surface area contributed by atoms with Crippen molar-refractivity contribution in [3.8, 4) is 0 Å². The zero-order valence-electron chi connectivity index (χ0n) is 6.22. The van der Waals surface area contributed by atoms with Crippen molar-refractivity contribution in [2.45, 2.75) is 11.8 Å². The molecule has 0 radical (unpaired) electrons. The van der Waals surface area contributed by atoms with Gasteiger partial charge in [-0.2, -0.15) is 0 Å². The SMILES string of the molecule is CC1CNC2(COC2)SC1. The highest BCUT2D eigenvalue weighted by atomic mass is 32.2. The van der Waals surface area contributed by atoms with Gasteiger partial charge in [-0.15, -0.1) is 11.8 Å². The zero-order valence-corrected chi connectivity index (χ0v) is 7.04. The van der Waals surface area contributed by atoms with Crippen molar-refractivity contribution in [3.05, 3.63) is 0 Å². The third-order valence-corrected chi connectivity index (χ3v) is 3.76. The largest absolute Gasteiger partial charge is 0.376 e. The number of hydrogen-bond donors (Lipinski definition) is 1. The Morgan fingerprint density at radius 1 is 1.60 bits per heavy atom. The summed E-state index contributed by atoms with van der Waals surface area (Å²) >= 11 is 2.02. The average Bonchev–Trinajstić information content (AvgIpc) is 1.86. The van der Waals surface area contributed by atoms with Crippen LogP contribution in [0.5, 0.6) is 0 Å². The van der Waals surface area contributed by atoms with Crippen LogP contribution in [0, 0.1) is 5.92 Å². The molecule has 58 valence electrons. The lowest BCUT2D eigenvalue weighted by Crippen LogP contribution is -2.61. The lowest BCUT2D eigenvalue weighted by Gasteiger charge is -2.45. The summed E-state index contributed by atoms with van der Waals surface area (Å²) in [5.74, 6) is 2.12. The Morgan fingerprint density at radius 3 is 2.80 bits per heavy atom. The topological polar surface area (TPSA) is 21.3 Å². The smallest absolute Gasteiger partial charge is 0.112 e. The molecule has 2 aliphatic rings. The molecule has 0 bridgehead atoms. The first kappa shape index (κ1) is 6.95. The van der Waals surface area contributed by atoms with Crippen LogP contribution < -0.4 is 5.32 Å². The molecule has 0 amide bonds. The first-order chi connectivity index (χ1) is 4.81. The molecular weight excluding hydrogens is 146 g/mol. The Hall–Kier alpha value is 0.270. The first-order valence-electron chi connectivity index (χ1n) is 3.77. The molecule has 2 saturated heterocycles. The maximum Gasteiger partial charge on any atom is 0.112 e. The molecule has 1 spiro atoms. The summed E-state index contributed by atoms with van der Waals surface area (Å²) in [6.07, 6.45) is 0. The van der Waals surface area contributed by atoms with Crippen LogP contribution in [0.15, 0.2) is 0 Å². The van der Waals surface area contributed by atoms with Crippen molar-refractivity contribution >= 4 is 11.8 Å². The molecule has 0 aromatic rings.